The molecule has 2 N–H and O–H groups in total. The zero-order chi connectivity index (χ0) is 27.9. The topological polar surface area (TPSA) is 74.3 Å². The molecule has 1 fully saturated rings. The molecule has 8 heteroatoms. The van der Waals surface area contributed by atoms with Gasteiger partial charge in [0.25, 0.3) is 0 Å². The summed E-state index contributed by atoms with van der Waals surface area (Å²) in [4.78, 5) is 32.0. The third-order valence-corrected chi connectivity index (χ3v) is 7.92. The number of benzene rings is 1. The van der Waals surface area contributed by atoms with Gasteiger partial charge in [-0.05, 0) is 67.0 Å². The van der Waals surface area contributed by atoms with E-state index >= 15 is 0 Å². The number of likely N-dealkylation sites (tertiary alicyclic amines) is 1. The molecule has 39 heavy (non-hydrogen) atoms. The van der Waals surface area contributed by atoms with Crippen molar-refractivity contribution >= 4 is 11.8 Å². The highest BCUT2D eigenvalue weighted by Gasteiger charge is 2.43. The highest BCUT2D eigenvalue weighted by atomic mass is 19.1. The minimum Gasteiger partial charge on any atom is -0.352 e. The van der Waals surface area contributed by atoms with Crippen LogP contribution < -0.4 is 10.6 Å². The number of carbonyl (C=O) groups is 2. The van der Waals surface area contributed by atoms with Crippen molar-refractivity contribution in [3.8, 4) is 0 Å². The third kappa shape index (κ3) is 7.38. The van der Waals surface area contributed by atoms with Crippen molar-refractivity contribution in [1.29, 1.82) is 0 Å². The van der Waals surface area contributed by atoms with E-state index in [4.69, 9.17) is 0 Å². The Hall–Kier alpha value is -3.39. The molecule has 1 aromatic carbocycles. The Labute approximate surface area is 229 Å². The lowest BCUT2D eigenvalue weighted by Crippen LogP contribution is -2.47. The predicted octanol–water partition coefficient (Wildman–Crippen LogP) is 4.74. The Kier molecular flexibility index (Phi) is 9.62. The standard InChI is InChI=1S/C31H38F2N4O2/c1-4-21-7-5-8-22(11-21)18-35-17-20(2)28(14-23-12-25(32)15-26(33)13-23)36-31(39)27-16-29(38)37(3)30(27)24-9-6-10-34-19-24/h5-10,12-13,15,19-21,27-28,30,35H,4,11,14,16-18H2,1-3H3,(H,36,39)/t20-,21?,27+,28+,30+/m0/s1. The van der Waals surface area contributed by atoms with Gasteiger partial charge in [-0.2, -0.15) is 0 Å². The fourth-order valence-corrected chi connectivity index (χ4v) is 5.61. The average molecular weight is 537 g/mol. The van der Waals surface area contributed by atoms with Crippen LogP contribution >= 0.6 is 0 Å². The van der Waals surface area contributed by atoms with E-state index in [1.165, 1.54) is 17.7 Å². The quantitative estimate of drug-likeness (QED) is 0.435. The molecule has 0 saturated carbocycles. The predicted molar refractivity (Wildman–Crippen MR) is 148 cm³/mol. The van der Waals surface area contributed by atoms with Crippen molar-refractivity contribution in [1.82, 2.24) is 20.5 Å². The van der Waals surface area contributed by atoms with Crippen molar-refractivity contribution < 1.29 is 18.4 Å². The molecule has 2 aliphatic rings. The van der Waals surface area contributed by atoms with Gasteiger partial charge in [-0.1, -0.05) is 43.7 Å². The summed E-state index contributed by atoms with van der Waals surface area (Å²) < 4.78 is 28.0. The molecule has 4 rings (SSSR count). The zero-order valence-electron chi connectivity index (χ0n) is 22.9. The molecule has 1 aliphatic carbocycles. The van der Waals surface area contributed by atoms with Gasteiger partial charge in [0.05, 0.1) is 12.0 Å². The molecule has 1 aliphatic heterocycles. The van der Waals surface area contributed by atoms with E-state index < -0.39 is 29.6 Å². The maximum Gasteiger partial charge on any atom is 0.226 e. The summed E-state index contributed by atoms with van der Waals surface area (Å²) in [5, 5.41) is 6.65. The van der Waals surface area contributed by atoms with Crippen molar-refractivity contribution in [3.05, 3.63) is 89.3 Å². The molecule has 2 aromatic rings. The van der Waals surface area contributed by atoms with Gasteiger partial charge in [-0.3, -0.25) is 14.6 Å². The normalized spacial score (nSPS) is 22.5. The molecular weight excluding hydrogens is 498 g/mol. The second-order valence-corrected chi connectivity index (χ2v) is 10.8. The van der Waals surface area contributed by atoms with E-state index in [9.17, 15) is 18.4 Å². The maximum absolute atomic E-state index is 14.0. The van der Waals surface area contributed by atoms with Gasteiger partial charge in [0.15, 0.2) is 0 Å². The van der Waals surface area contributed by atoms with Crippen LogP contribution in [0.25, 0.3) is 0 Å². The number of hydrogen-bond acceptors (Lipinski definition) is 4. The van der Waals surface area contributed by atoms with Crippen LogP contribution in [0.1, 0.15) is 50.3 Å². The Bertz CT molecular complexity index is 1200. The number of hydrogen-bond donors (Lipinski definition) is 2. The van der Waals surface area contributed by atoms with Crippen molar-refractivity contribution in [2.24, 2.45) is 17.8 Å². The summed E-state index contributed by atoms with van der Waals surface area (Å²) in [5.74, 6) is -1.74. The summed E-state index contributed by atoms with van der Waals surface area (Å²) in [6.45, 7) is 5.55. The molecular formula is C31H38F2N4O2. The second-order valence-electron chi connectivity index (χ2n) is 10.8. The monoisotopic (exact) mass is 536 g/mol. The van der Waals surface area contributed by atoms with Crippen molar-refractivity contribution in [2.45, 2.75) is 51.6 Å². The number of allylic oxidation sites excluding steroid dienone is 3. The highest BCUT2D eigenvalue weighted by Crippen LogP contribution is 2.37. The zero-order valence-corrected chi connectivity index (χ0v) is 22.9. The molecule has 6 nitrogen and oxygen atoms in total. The van der Waals surface area contributed by atoms with Crippen LogP contribution in [0.15, 0.2) is 66.5 Å². The van der Waals surface area contributed by atoms with Crippen LogP contribution in [-0.2, 0) is 16.0 Å². The van der Waals surface area contributed by atoms with Gasteiger partial charge in [0, 0.05) is 44.5 Å². The lowest BCUT2D eigenvalue weighted by atomic mass is 9.90. The number of nitrogens with one attached hydrogen (secondary N) is 2. The van der Waals surface area contributed by atoms with Gasteiger partial charge in [-0.15, -0.1) is 0 Å². The number of halogens is 2. The number of carbonyl (C=O) groups excluding carboxylic acids is 2. The van der Waals surface area contributed by atoms with E-state index in [2.05, 4.69) is 40.8 Å². The number of nitrogens with zero attached hydrogens (tertiary/aromatic N) is 2. The Morgan fingerprint density at radius 1 is 1.21 bits per heavy atom. The largest absolute Gasteiger partial charge is 0.352 e. The minimum absolute atomic E-state index is 0.0475. The molecule has 1 saturated heterocycles. The van der Waals surface area contributed by atoms with Crippen LogP contribution in [0.3, 0.4) is 0 Å². The highest BCUT2D eigenvalue weighted by molar-refractivity contribution is 5.90. The molecule has 1 unspecified atom stereocenters. The van der Waals surface area contributed by atoms with E-state index in [0.717, 1.165) is 31.0 Å². The van der Waals surface area contributed by atoms with Crippen LogP contribution in [0.2, 0.25) is 0 Å². The number of rotatable bonds is 11. The third-order valence-electron chi connectivity index (χ3n) is 7.92. The van der Waals surface area contributed by atoms with E-state index in [1.807, 2.05) is 13.0 Å². The molecule has 0 radical (unpaired) electrons. The van der Waals surface area contributed by atoms with Crippen LogP contribution in [-0.4, -0.2) is 47.9 Å². The first-order valence-electron chi connectivity index (χ1n) is 13.7. The molecule has 0 spiro atoms. The summed E-state index contributed by atoms with van der Waals surface area (Å²) in [5.41, 5.74) is 2.60. The van der Waals surface area contributed by atoms with E-state index in [-0.39, 0.29) is 30.6 Å². The summed E-state index contributed by atoms with van der Waals surface area (Å²) in [6.07, 6.45) is 12.3. The first-order chi connectivity index (χ1) is 18.7. The summed E-state index contributed by atoms with van der Waals surface area (Å²) in [7, 11) is 1.70. The molecule has 1 aromatic heterocycles. The van der Waals surface area contributed by atoms with Gasteiger partial charge in [-0.25, -0.2) is 8.78 Å². The van der Waals surface area contributed by atoms with Crippen molar-refractivity contribution in [2.75, 3.05) is 20.1 Å². The molecule has 0 bridgehead atoms. The number of pyridine rings is 1. The fourth-order valence-electron chi connectivity index (χ4n) is 5.61. The number of aromatic nitrogens is 1. The van der Waals surface area contributed by atoms with Crippen LogP contribution in [0.5, 0.6) is 0 Å². The van der Waals surface area contributed by atoms with E-state index in [0.29, 0.717) is 18.0 Å². The van der Waals surface area contributed by atoms with E-state index in [1.54, 1.807) is 30.4 Å². The van der Waals surface area contributed by atoms with Crippen LogP contribution in [0.4, 0.5) is 8.78 Å². The SMILES string of the molecule is CCC1C=CC=C(CNC[C@H](C)[C@@H](Cc2cc(F)cc(F)c2)NC(=O)[C@@H]2CC(=O)N(C)[C@@H]2c2cccnc2)C1. The Balaban J connectivity index is 1.48. The average Bonchev–Trinajstić information content (AvgIpc) is 3.22. The fraction of sp³-hybridized carbons (Fsp3) is 0.452. The molecule has 5 atom stereocenters. The lowest BCUT2D eigenvalue weighted by Gasteiger charge is -2.30. The summed E-state index contributed by atoms with van der Waals surface area (Å²) >= 11 is 0. The lowest BCUT2D eigenvalue weighted by molar-refractivity contribution is -0.128. The van der Waals surface area contributed by atoms with Gasteiger partial charge < -0.3 is 15.5 Å². The van der Waals surface area contributed by atoms with Gasteiger partial charge >= 0.3 is 0 Å². The first kappa shape index (κ1) is 28.6. The van der Waals surface area contributed by atoms with Crippen LogP contribution in [0, 0.1) is 29.4 Å². The molecule has 208 valence electrons. The van der Waals surface area contributed by atoms with Gasteiger partial charge in [0.1, 0.15) is 11.6 Å². The first-order valence-corrected chi connectivity index (χ1v) is 13.7. The van der Waals surface area contributed by atoms with Gasteiger partial charge in [0.2, 0.25) is 11.8 Å². The van der Waals surface area contributed by atoms with Crippen molar-refractivity contribution in [3.63, 3.8) is 0 Å². The summed E-state index contributed by atoms with van der Waals surface area (Å²) in [6, 6.07) is 6.28. The Morgan fingerprint density at radius 3 is 2.67 bits per heavy atom. The second kappa shape index (κ2) is 13.1. The smallest absolute Gasteiger partial charge is 0.226 e. The maximum atomic E-state index is 14.0. The minimum atomic E-state index is -0.650. The molecule has 2 heterocycles. The Morgan fingerprint density at radius 2 is 1.97 bits per heavy atom. The number of amides is 2. The molecule has 2 amide bonds.